The summed E-state index contributed by atoms with van der Waals surface area (Å²) in [6.07, 6.45) is 6.91. The molecule has 0 saturated heterocycles. The van der Waals surface area contributed by atoms with E-state index in [2.05, 4.69) is 10.6 Å². The molecule has 0 heterocycles. The predicted molar refractivity (Wildman–Crippen MR) is 84.2 cm³/mol. The smallest absolute Gasteiger partial charge is 0.231 e. The zero-order valence-electron chi connectivity index (χ0n) is 12.7. The molecule has 3 nitrogen and oxygen atoms in total. The van der Waals surface area contributed by atoms with Gasteiger partial charge in [0, 0.05) is 11.5 Å². The van der Waals surface area contributed by atoms with Gasteiger partial charge in [-0.05, 0) is 68.0 Å². The number of hydrogen-bond donors (Lipinski definition) is 2. The van der Waals surface area contributed by atoms with Crippen molar-refractivity contribution in [2.45, 2.75) is 58.9 Å². The van der Waals surface area contributed by atoms with Gasteiger partial charge in [-0.25, -0.2) is 0 Å². The zero-order chi connectivity index (χ0) is 14.5. The number of amides is 1. The van der Waals surface area contributed by atoms with Gasteiger partial charge in [-0.1, -0.05) is 20.8 Å². The molecule has 20 heavy (non-hydrogen) atoms. The minimum absolute atomic E-state index is 0.00110. The minimum Gasteiger partial charge on any atom is -0.359 e. The first-order chi connectivity index (χ1) is 9.33. The Labute approximate surface area is 127 Å². The highest BCUT2D eigenvalue weighted by Gasteiger charge is 2.48. The first-order valence-corrected chi connectivity index (χ1v) is 8.35. The summed E-state index contributed by atoms with van der Waals surface area (Å²) in [5.41, 5.74) is -0.393. The lowest BCUT2D eigenvalue weighted by Gasteiger charge is -2.54. The van der Waals surface area contributed by atoms with Crippen LogP contribution < -0.4 is 10.6 Å². The van der Waals surface area contributed by atoms with Crippen LogP contribution in [0.3, 0.4) is 0 Å². The lowest BCUT2D eigenvalue weighted by atomic mass is 9.54. The molecule has 0 aliphatic heterocycles. The Balaban J connectivity index is 1.58. The van der Waals surface area contributed by atoms with Crippen LogP contribution in [0.4, 0.5) is 0 Å². The Morgan fingerprint density at radius 2 is 1.50 bits per heavy atom. The van der Waals surface area contributed by atoms with E-state index >= 15 is 0 Å². The molecule has 0 radical (unpaired) electrons. The average Bonchev–Trinajstić information content (AvgIpc) is 2.31. The van der Waals surface area contributed by atoms with Crippen molar-refractivity contribution in [3.05, 3.63) is 0 Å². The summed E-state index contributed by atoms with van der Waals surface area (Å²) in [7, 11) is 0. The van der Waals surface area contributed by atoms with Crippen molar-refractivity contribution in [3.8, 4) is 0 Å². The normalized spacial score (nSPS) is 38.6. The third-order valence-electron chi connectivity index (χ3n) is 5.43. The maximum atomic E-state index is 12.0. The van der Waals surface area contributed by atoms with E-state index in [1.807, 2.05) is 20.8 Å². The maximum Gasteiger partial charge on any atom is 0.231 e. The minimum atomic E-state index is -0.393. The summed E-state index contributed by atoms with van der Waals surface area (Å²) in [5.74, 6) is 3.48. The molecule has 1 amide bonds. The van der Waals surface area contributed by atoms with Crippen molar-refractivity contribution >= 4 is 23.2 Å². The highest BCUT2D eigenvalue weighted by atomic mass is 32.1. The Hall–Kier alpha value is -0.640. The molecule has 4 heteroatoms. The lowest BCUT2D eigenvalue weighted by molar-refractivity contribution is -0.127. The van der Waals surface area contributed by atoms with Crippen LogP contribution in [0.15, 0.2) is 0 Å². The highest BCUT2D eigenvalue weighted by molar-refractivity contribution is 7.80. The van der Waals surface area contributed by atoms with Crippen LogP contribution >= 0.6 is 12.2 Å². The van der Waals surface area contributed by atoms with Gasteiger partial charge in [0.2, 0.25) is 5.91 Å². The Morgan fingerprint density at radius 3 is 1.95 bits per heavy atom. The molecule has 0 aromatic heterocycles. The zero-order valence-corrected chi connectivity index (χ0v) is 13.6. The molecular formula is C16H26N2OS. The van der Waals surface area contributed by atoms with Gasteiger partial charge in [0.15, 0.2) is 5.11 Å². The molecule has 4 rings (SSSR count). The molecule has 0 aromatic carbocycles. The molecule has 2 N–H and O–H groups in total. The maximum absolute atomic E-state index is 12.0. The van der Waals surface area contributed by atoms with Gasteiger partial charge in [0.25, 0.3) is 0 Å². The van der Waals surface area contributed by atoms with E-state index in [0.717, 1.165) is 23.7 Å². The molecule has 4 bridgehead atoms. The molecular weight excluding hydrogens is 268 g/mol. The van der Waals surface area contributed by atoms with E-state index in [9.17, 15) is 4.79 Å². The summed E-state index contributed by atoms with van der Waals surface area (Å²) < 4.78 is 0. The summed E-state index contributed by atoms with van der Waals surface area (Å²) in [6.45, 7) is 5.73. The molecule has 4 aliphatic carbocycles. The van der Waals surface area contributed by atoms with Gasteiger partial charge in [-0.15, -0.1) is 0 Å². The standard InChI is InChI=1S/C16H26N2OS/c1-16(2,3)14(19)18-15(20)17-13-11-5-9-4-10(7-11)8-12(13)6-9/h9-13H,4-8H2,1-3H3,(H2,17,18,19,20). The van der Waals surface area contributed by atoms with Gasteiger partial charge in [0.05, 0.1) is 0 Å². The van der Waals surface area contributed by atoms with Crippen molar-refractivity contribution in [2.24, 2.45) is 29.1 Å². The Bertz CT molecular complexity index is 399. The van der Waals surface area contributed by atoms with E-state index in [-0.39, 0.29) is 5.91 Å². The second-order valence-corrected chi connectivity index (χ2v) is 8.54. The van der Waals surface area contributed by atoms with Gasteiger partial charge in [0.1, 0.15) is 0 Å². The monoisotopic (exact) mass is 294 g/mol. The van der Waals surface area contributed by atoms with Gasteiger partial charge in [-0.3, -0.25) is 4.79 Å². The number of carbonyl (C=O) groups excluding carboxylic acids is 1. The molecule has 4 saturated carbocycles. The second-order valence-electron chi connectivity index (χ2n) is 8.13. The van der Waals surface area contributed by atoms with Crippen LogP contribution in [0.25, 0.3) is 0 Å². The second kappa shape index (κ2) is 4.97. The number of nitrogens with one attached hydrogen (secondary N) is 2. The van der Waals surface area contributed by atoms with E-state index in [1.165, 1.54) is 32.1 Å². The van der Waals surface area contributed by atoms with Crippen LogP contribution in [-0.2, 0) is 4.79 Å². The molecule has 0 unspecified atom stereocenters. The molecule has 112 valence electrons. The fraction of sp³-hybridized carbons (Fsp3) is 0.875. The van der Waals surface area contributed by atoms with Crippen molar-refractivity contribution < 1.29 is 4.79 Å². The van der Waals surface area contributed by atoms with Crippen LogP contribution in [-0.4, -0.2) is 17.1 Å². The number of hydrogen-bond acceptors (Lipinski definition) is 2. The fourth-order valence-electron chi connectivity index (χ4n) is 4.64. The third-order valence-corrected chi connectivity index (χ3v) is 5.65. The van der Waals surface area contributed by atoms with Gasteiger partial charge < -0.3 is 10.6 Å². The van der Waals surface area contributed by atoms with E-state index in [4.69, 9.17) is 12.2 Å². The molecule has 4 aliphatic rings. The Morgan fingerprint density at radius 1 is 1.00 bits per heavy atom. The average molecular weight is 294 g/mol. The van der Waals surface area contributed by atoms with Crippen LogP contribution in [0.1, 0.15) is 52.9 Å². The summed E-state index contributed by atoms with van der Waals surface area (Å²) in [6, 6.07) is 0.496. The summed E-state index contributed by atoms with van der Waals surface area (Å²) >= 11 is 5.36. The lowest BCUT2D eigenvalue weighted by Crippen LogP contribution is -2.58. The summed E-state index contributed by atoms with van der Waals surface area (Å²) in [5, 5.41) is 6.85. The van der Waals surface area contributed by atoms with Crippen molar-refractivity contribution in [1.29, 1.82) is 0 Å². The van der Waals surface area contributed by atoms with Crippen LogP contribution in [0, 0.1) is 29.1 Å². The number of carbonyl (C=O) groups is 1. The molecule has 4 fully saturated rings. The van der Waals surface area contributed by atoms with Crippen molar-refractivity contribution in [2.75, 3.05) is 0 Å². The molecule has 0 aromatic rings. The van der Waals surface area contributed by atoms with Gasteiger partial charge in [-0.2, -0.15) is 0 Å². The van der Waals surface area contributed by atoms with Crippen molar-refractivity contribution in [3.63, 3.8) is 0 Å². The quantitative estimate of drug-likeness (QED) is 0.731. The third kappa shape index (κ3) is 2.72. The largest absolute Gasteiger partial charge is 0.359 e. The van der Waals surface area contributed by atoms with E-state index in [0.29, 0.717) is 11.2 Å². The fourth-order valence-corrected chi connectivity index (χ4v) is 4.87. The van der Waals surface area contributed by atoms with Crippen LogP contribution in [0.2, 0.25) is 0 Å². The van der Waals surface area contributed by atoms with Gasteiger partial charge >= 0.3 is 0 Å². The first kappa shape index (κ1) is 14.3. The first-order valence-electron chi connectivity index (χ1n) is 7.95. The SMILES string of the molecule is CC(C)(C)C(=O)NC(=S)NC1C2CC3CC(C2)CC1C3. The van der Waals surface area contributed by atoms with E-state index in [1.54, 1.807) is 0 Å². The summed E-state index contributed by atoms with van der Waals surface area (Å²) in [4.78, 5) is 12.0. The number of thiocarbonyl (C=S) groups is 1. The topological polar surface area (TPSA) is 41.1 Å². The molecule has 0 atom stereocenters. The highest BCUT2D eigenvalue weighted by Crippen LogP contribution is 2.53. The van der Waals surface area contributed by atoms with E-state index < -0.39 is 5.41 Å². The van der Waals surface area contributed by atoms with Crippen LogP contribution in [0.5, 0.6) is 0 Å². The predicted octanol–water partition coefficient (Wildman–Crippen LogP) is 2.85. The number of rotatable bonds is 1. The van der Waals surface area contributed by atoms with Crippen molar-refractivity contribution in [1.82, 2.24) is 10.6 Å². The Kier molecular flexibility index (Phi) is 3.56. The molecule has 0 spiro atoms.